The summed E-state index contributed by atoms with van der Waals surface area (Å²) in [6.07, 6.45) is -1.40. The van der Waals surface area contributed by atoms with Crippen molar-refractivity contribution >= 4 is 17.0 Å². The van der Waals surface area contributed by atoms with Crippen LogP contribution >= 0.6 is 0 Å². The number of aliphatic hydroxyl groups is 1. The summed E-state index contributed by atoms with van der Waals surface area (Å²) in [7, 11) is 2.01. The van der Waals surface area contributed by atoms with Crippen LogP contribution in [0.3, 0.4) is 0 Å². The third kappa shape index (κ3) is 5.62. The van der Waals surface area contributed by atoms with Crippen molar-refractivity contribution in [2.75, 3.05) is 13.1 Å². The Balaban J connectivity index is 0.000000339. The molecule has 2 aromatic carbocycles. The molecule has 0 saturated carbocycles. The van der Waals surface area contributed by atoms with Gasteiger partial charge < -0.3 is 20.1 Å². The lowest BCUT2D eigenvalue weighted by atomic mass is 9.89. The van der Waals surface area contributed by atoms with Crippen LogP contribution in [0, 0.1) is 5.92 Å². The number of aromatic nitrogens is 2. The van der Waals surface area contributed by atoms with Gasteiger partial charge in [0.05, 0.1) is 23.5 Å². The number of nitrogens with zero attached hydrogens (tertiary/aromatic N) is 2. The SMILES string of the molecule is Cn1cnc2cc(-c3ccc(C(O)C4CCCNC4)cc3)ccc21.O=C(O)C(F)(F)F. The first kappa shape index (κ1) is 22.8. The van der Waals surface area contributed by atoms with Crippen LogP contribution in [0.4, 0.5) is 13.2 Å². The van der Waals surface area contributed by atoms with E-state index < -0.39 is 12.1 Å². The minimum atomic E-state index is -5.08. The number of carboxylic acids is 1. The highest BCUT2D eigenvalue weighted by Gasteiger charge is 2.38. The lowest BCUT2D eigenvalue weighted by Gasteiger charge is -2.27. The summed E-state index contributed by atoms with van der Waals surface area (Å²) >= 11 is 0. The molecule has 1 aliphatic heterocycles. The van der Waals surface area contributed by atoms with Crippen LogP contribution in [0.25, 0.3) is 22.2 Å². The number of nitrogens with one attached hydrogen (secondary N) is 1. The number of alkyl halides is 3. The Labute approximate surface area is 177 Å². The zero-order chi connectivity index (χ0) is 22.6. The van der Waals surface area contributed by atoms with E-state index in [9.17, 15) is 18.3 Å². The van der Waals surface area contributed by atoms with Gasteiger partial charge in [0.2, 0.25) is 0 Å². The molecule has 4 rings (SSSR count). The monoisotopic (exact) mass is 435 g/mol. The number of halogens is 3. The number of aryl methyl sites for hydroxylation is 1. The van der Waals surface area contributed by atoms with Crippen LogP contribution in [-0.4, -0.2) is 45.0 Å². The topological polar surface area (TPSA) is 87.4 Å². The lowest BCUT2D eigenvalue weighted by Crippen LogP contribution is -2.33. The molecule has 0 aliphatic carbocycles. The fourth-order valence-electron chi connectivity index (χ4n) is 3.61. The molecule has 9 heteroatoms. The Kier molecular flexibility index (Phi) is 6.97. The molecule has 0 amide bonds. The van der Waals surface area contributed by atoms with E-state index in [0.29, 0.717) is 5.92 Å². The van der Waals surface area contributed by atoms with Gasteiger partial charge in [0.1, 0.15) is 0 Å². The zero-order valence-corrected chi connectivity index (χ0v) is 16.9. The minimum Gasteiger partial charge on any atom is -0.475 e. The van der Waals surface area contributed by atoms with E-state index in [1.807, 2.05) is 17.9 Å². The van der Waals surface area contributed by atoms with Crippen LogP contribution in [0.2, 0.25) is 0 Å². The van der Waals surface area contributed by atoms with Crippen molar-refractivity contribution in [1.29, 1.82) is 0 Å². The number of hydrogen-bond donors (Lipinski definition) is 3. The first-order valence-corrected chi connectivity index (χ1v) is 9.87. The Hall–Kier alpha value is -2.91. The number of aliphatic carboxylic acids is 1. The highest BCUT2D eigenvalue weighted by atomic mass is 19.4. The highest BCUT2D eigenvalue weighted by molar-refractivity contribution is 5.82. The summed E-state index contributed by atoms with van der Waals surface area (Å²) in [5.41, 5.74) is 5.45. The van der Waals surface area contributed by atoms with Gasteiger partial charge in [-0.25, -0.2) is 9.78 Å². The summed E-state index contributed by atoms with van der Waals surface area (Å²) < 4.78 is 33.8. The smallest absolute Gasteiger partial charge is 0.475 e. The number of carbonyl (C=O) groups is 1. The van der Waals surface area contributed by atoms with E-state index >= 15 is 0 Å². The molecule has 31 heavy (non-hydrogen) atoms. The minimum absolute atomic E-state index is 0.314. The predicted molar refractivity (Wildman–Crippen MR) is 110 cm³/mol. The van der Waals surface area contributed by atoms with Crippen molar-refractivity contribution < 1.29 is 28.2 Å². The van der Waals surface area contributed by atoms with Crippen LogP contribution < -0.4 is 5.32 Å². The van der Waals surface area contributed by atoms with Crippen molar-refractivity contribution in [3.63, 3.8) is 0 Å². The standard InChI is InChI=1S/C20H23N3O.C2HF3O2/c1-23-13-22-18-11-16(8-9-19(18)23)14-4-6-15(7-5-14)20(24)17-3-2-10-21-12-17;3-2(4,5)1(6)7/h4-9,11,13,17,20-21,24H,2-3,10,12H2,1H3;(H,6,7). The summed E-state index contributed by atoms with van der Waals surface area (Å²) in [6, 6.07) is 14.6. The van der Waals surface area contributed by atoms with Gasteiger partial charge in [0.15, 0.2) is 0 Å². The summed E-state index contributed by atoms with van der Waals surface area (Å²) in [6.45, 7) is 1.97. The number of hydrogen-bond acceptors (Lipinski definition) is 4. The third-order valence-corrected chi connectivity index (χ3v) is 5.33. The van der Waals surface area contributed by atoms with E-state index in [0.717, 1.165) is 53.7 Å². The molecule has 1 saturated heterocycles. The quantitative estimate of drug-likeness (QED) is 0.581. The highest BCUT2D eigenvalue weighted by Crippen LogP contribution is 2.30. The number of carboxylic acid groups (broad SMARTS) is 1. The Morgan fingerprint density at radius 1 is 1.19 bits per heavy atom. The van der Waals surface area contributed by atoms with E-state index in [-0.39, 0.29) is 6.10 Å². The largest absolute Gasteiger partial charge is 0.490 e. The van der Waals surface area contributed by atoms with Crippen LogP contribution in [-0.2, 0) is 11.8 Å². The van der Waals surface area contributed by atoms with Gasteiger partial charge in [-0.05, 0) is 48.2 Å². The van der Waals surface area contributed by atoms with Crippen LogP contribution in [0.5, 0.6) is 0 Å². The predicted octanol–water partition coefficient (Wildman–Crippen LogP) is 3.91. The molecule has 1 fully saturated rings. The van der Waals surface area contributed by atoms with Crippen molar-refractivity contribution in [2.24, 2.45) is 13.0 Å². The number of benzene rings is 2. The van der Waals surface area contributed by atoms with Gasteiger partial charge in [0.25, 0.3) is 0 Å². The summed E-state index contributed by atoms with van der Waals surface area (Å²) in [4.78, 5) is 13.3. The average molecular weight is 435 g/mol. The number of aliphatic hydroxyl groups excluding tert-OH is 1. The van der Waals surface area contributed by atoms with Gasteiger partial charge >= 0.3 is 12.1 Å². The molecule has 3 aromatic rings. The fourth-order valence-corrected chi connectivity index (χ4v) is 3.61. The average Bonchev–Trinajstić information content (AvgIpc) is 3.14. The zero-order valence-electron chi connectivity index (χ0n) is 16.9. The van der Waals surface area contributed by atoms with Gasteiger partial charge in [0, 0.05) is 19.5 Å². The molecule has 2 unspecified atom stereocenters. The molecule has 0 spiro atoms. The van der Waals surface area contributed by atoms with Crippen LogP contribution in [0.15, 0.2) is 48.8 Å². The second-order valence-corrected chi connectivity index (χ2v) is 7.54. The second kappa shape index (κ2) is 9.49. The summed E-state index contributed by atoms with van der Waals surface area (Å²) in [5, 5.41) is 21.1. The Bertz CT molecular complexity index is 1030. The van der Waals surface area contributed by atoms with Gasteiger partial charge in [-0.15, -0.1) is 0 Å². The number of imidazole rings is 1. The molecular weight excluding hydrogens is 411 g/mol. The molecular formula is C22H24F3N3O3. The maximum atomic E-state index is 10.6. The Morgan fingerprint density at radius 2 is 1.84 bits per heavy atom. The first-order valence-electron chi connectivity index (χ1n) is 9.87. The van der Waals surface area contributed by atoms with E-state index in [1.54, 1.807) is 0 Å². The molecule has 1 aromatic heterocycles. The van der Waals surface area contributed by atoms with Gasteiger partial charge in [-0.3, -0.25) is 0 Å². The molecule has 166 valence electrons. The summed E-state index contributed by atoms with van der Waals surface area (Å²) in [5.74, 6) is -2.44. The normalized spacial score (nSPS) is 17.6. The number of fused-ring (bicyclic) bond motifs is 1. The van der Waals surface area contributed by atoms with Crippen LogP contribution in [0.1, 0.15) is 24.5 Å². The molecule has 3 N–H and O–H groups in total. The fraction of sp³-hybridized carbons (Fsp3) is 0.364. The molecule has 0 radical (unpaired) electrons. The van der Waals surface area contributed by atoms with E-state index in [1.165, 1.54) is 0 Å². The van der Waals surface area contributed by atoms with Gasteiger partial charge in [-0.1, -0.05) is 30.3 Å². The Morgan fingerprint density at radius 3 is 2.42 bits per heavy atom. The number of rotatable bonds is 3. The van der Waals surface area contributed by atoms with E-state index in [4.69, 9.17) is 9.90 Å². The lowest BCUT2D eigenvalue weighted by molar-refractivity contribution is -0.192. The van der Waals surface area contributed by atoms with Crippen molar-refractivity contribution in [1.82, 2.24) is 14.9 Å². The van der Waals surface area contributed by atoms with E-state index in [2.05, 4.69) is 52.8 Å². The van der Waals surface area contributed by atoms with Crippen molar-refractivity contribution in [2.45, 2.75) is 25.1 Å². The maximum absolute atomic E-state index is 10.6. The third-order valence-electron chi connectivity index (χ3n) is 5.33. The van der Waals surface area contributed by atoms with Crippen molar-refractivity contribution in [3.8, 4) is 11.1 Å². The molecule has 0 bridgehead atoms. The first-order chi connectivity index (χ1) is 14.7. The second-order valence-electron chi connectivity index (χ2n) is 7.54. The molecule has 2 heterocycles. The molecule has 1 aliphatic rings. The van der Waals surface area contributed by atoms with Crippen molar-refractivity contribution in [3.05, 3.63) is 54.4 Å². The maximum Gasteiger partial charge on any atom is 0.490 e. The molecule has 6 nitrogen and oxygen atoms in total. The molecule has 2 atom stereocenters. The number of piperidine rings is 1. The van der Waals surface area contributed by atoms with Gasteiger partial charge in [-0.2, -0.15) is 13.2 Å².